The van der Waals surface area contributed by atoms with Crippen molar-refractivity contribution in [3.8, 4) is 5.75 Å². The predicted molar refractivity (Wildman–Crippen MR) is 91.1 cm³/mol. The molecule has 0 amide bonds. The summed E-state index contributed by atoms with van der Waals surface area (Å²) >= 11 is 0. The van der Waals surface area contributed by atoms with Crippen molar-refractivity contribution in [1.82, 2.24) is 0 Å². The number of carbonyl (C=O) groups is 2. The Bertz CT molecular complexity index is 619. The number of carbonyl (C=O) groups excluding carboxylic acids is 2. The molecule has 6 heteroatoms. The smallest absolute Gasteiger partial charge is 0.303 e. The van der Waals surface area contributed by atoms with Gasteiger partial charge in [-0.2, -0.15) is 0 Å². The van der Waals surface area contributed by atoms with Crippen molar-refractivity contribution in [3.05, 3.63) is 42.0 Å². The van der Waals surface area contributed by atoms with Crippen molar-refractivity contribution < 1.29 is 28.5 Å². The number of benzene rings is 1. The molecule has 3 atom stereocenters. The lowest BCUT2D eigenvalue weighted by atomic mass is 10.0. The van der Waals surface area contributed by atoms with Crippen LogP contribution in [0.1, 0.15) is 39.4 Å². The number of hydrogen-bond donors (Lipinski definition) is 0. The van der Waals surface area contributed by atoms with E-state index in [4.69, 9.17) is 18.9 Å². The summed E-state index contributed by atoms with van der Waals surface area (Å²) in [5.74, 6) is -0.0426. The van der Waals surface area contributed by atoms with Gasteiger partial charge in [0.25, 0.3) is 0 Å². The molecule has 0 radical (unpaired) electrons. The van der Waals surface area contributed by atoms with Gasteiger partial charge in [0.2, 0.25) is 0 Å². The van der Waals surface area contributed by atoms with Gasteiger partial charge in [0.05, 0.1) is 6.10 Å². The molecular weight excluding hydrogens is 324 g/mol. The van der Waals surface area contributed by atoms with Crippen molar-refractivity contribution in [3.63, 3.8) is 0 Å². The Labute approximate surface area is 147 Å². The molecule has 1 heterocycles. The molecule has 0 N–H and O–H groups in total. The first kappa shape index (κ1) is 19.0. The van der Waals surface area contributed by atoms with E-state index in [0.29, 0.717) is 0 Å². The maximum Gasteiger partial charge on any atom is 0.303 e. The minimum Gasteiger partial charge on any atom is -0.491 e. The van der Waals surface area contributed by atoms with Gasteiger partial charge in [-0.25, -0.2) is 0 Å². The normalized spacial score (nSPS) is 22.5. The molecule has 0 aliphatic carbocycles. The largest absolute Gasteiger partial charge is 0.491 e. The molecule has 6 nitrogen and oxygen atoms in total. The van der Waals surface area contributed by atoms with E-state index in [1.54, 1.807) is 6.08 Å². The van der Waals surface area contributed by atoms with Crippen LogP contribution in [0.4, 0.5) is 0 Å². The first-order valence-corrected chi connectivity index (χ1v) is 8.26. The zero-order valence-electron chi connectivity index (χ0n) is 14.9. The first-order valence-electron chi connectivity index (χ1n) is 8.26. The van der Waals surface area contributed by atoms with Gasteiger partial charge in [-0.05, 0) is 37.6 Å². The molecule has 1 aliphatic heterocycles. The van der Waals surface area contributed by atoms with E-state index in [2.05, 4.69) is 0 Å². The van der Waals surface area contributed by atoms with E-state index < -0.39 is 24.1 Å². The molecule has 0 saturated carbocycles. The Morgan fingerprint density at radius 3 is 2.32 bits per heavy atom. The zero-order valence-corrected chi connectivity index (χ0v) is 14.9. The molecule has 1 aromatic rings. The van der Waals surface area contributed by atoms with Crippen molar-refractivity contribution in [1.29, 1.82) is 0 Å². The van der Waals surface area contributed by atoms with Gasteiger partial charge in [0, 0.05) is 13.8 Å². The number of rotatable bonds is 6. The van der Waals surface area contributed by atoms with Gasteiger partial charge in [0.15, 0.2) is 0 Å². The highest BCUT2D eigenvalue weighted by atomic mass is 16.6. The topological polar surface area (TPSA) is 71.1 Å². The van der Waals surface area contributed by atoms with Crippen LogP contribution in [-0.4, -0.2) is 36.9 Å². The Morgan fingerprint density at radius 1 is 1.08 bits per heavy atom. The van der Waals surface area contributed by atoms with Gasteiger partial charge in [0.1, 0.15) is 30.7 Å². The van der Waals surface area contributed by atoms with E-state index in [0.717, 1.165) is 11.3 Å². The van der Waals surface area contributed by atoms with Crippen LogP contribution in [0.15, 0.2) is 36.4 Å². The maximum absolute atomic E-state index is 11.2. The molecule has 1 aliphatic rings. The maximum atomic E-state index is 11.2. The number of esters is 2. The minimum atomic E-state index is -0.586. The fourth-order valence-corrected chi connectivity index (χ4v) is 2.48. The molecule has 0 bridgehead atoms. The third-order valence-electron chi connectivity index (χ3n) is 3.50. The standard InChI is InChI=1S/C19H24O6/c1-12(2)23-16-7-5-15(6-8-16)17-9-10-18(24-14(4)21)19(25-17)11-22-13(3)20/h5-10,12,17-19H,11H2,1-4H3/t17-,18-,19+/m0/s1. The van der Waals surface area contributed by atoms with Crippen molar-refractivity contribution in [2.45, 2.75) is 52.1 Å². The van der Waals surface area contributed by atoms with E-state index in [9.17, 15) is 9.59 Å². The van der Waals surface area contributed by atoms with E-state index in [1.807, 2.05) is 44.2 Å². The van der Waals surface area contributed by atoms with E-state index in [-0.39, 0.29) is 18.8 Å². The van der Waals surface area contributed by atoms with Gasteiger partial charge in [-0.15, -0.1) is 0 Å². The summed E-state index contributed by atoms with van der Waals surface area (Å²) in [7, 11) is 0. The van der Waals surface area contributed by atoms with Gasteiger partial charge < -0.3 is 18.9 Å². The van der Waals surface area contributed by atoms with E-state index in [1.165, 1.54) is 13.8 Å². The summed E-state index contributed by atoms with van der Waals surface area (Å²) in [5, 5.41) is 0. The second kappa shape index (κ2) is 8.67. The molecule has 0 aromatic heterocycles. The second-order valence-electron chi connectivity index (χ2n) is 6.09. The molecule has 0 spiro atoms. The lowest BCUT2D eigenvalue weighted by Crippen LogP contribution is -2.39. The SMILES string of the molecule is CC(=O)OC[C@H]1O[C@H](c2ccc(OC(C)C)cc2)C=C[C@@H]1OC(C)=O. The summed E-state index contributed by atoms with van der Waals surface area (Å²) in [5.41, 5.74) is 0.932. The number of hydrogen-bond acceptors (Lipinski definition) is 6. The Hall–Kier alpha value is -2.34. The van der Waals surface area contributed by atoms with Crippen LogP contribution in [0.3, 0.4) is 0 Å². The van der Waals surface area contributed by atoms with Gasteiger partial charge >= 0.3 is 11.9 Å². The average molecular weight is 348 g/mol. The summed E-state index contributed by atoms with van der Waals surface area (Å²) in [6.45, 7) is 6.61. The Kier molecular flexibility index (Phi) is 6.58. The minimum absolute atomic E-state index is 0.0165. The number of ether oxygens (including phenoxy) is 4. The van der Waals surface area contributed by atoms with Gasteiger partial charge in [-0.1, -0.05) is 18.2 Å². The third kappa shape index (κ3) is 5.90. The monoisotopic (exact) mass is 348 g/mol. The Balaban J connectivity index is 2.10. The molecular formula is C19H24O6. The molecule has 2 rings (SSSR count). The average Bonchev–Trinajstić information content (AvgIpc) is 2.53. The Morgan fingerprint density at radius 2 is 1.76 bits per heavy atom. The van der Waals surface area contributed by atoms with Gasteiger partial charge in [-0.3, -0.25) is 9.59 Å². The highest BCUT2D eigenvalue weighted by Gasteiger charge is 2.31. The zero-order chi connectivity index (χ0) is 18.4. The van der Waals surface area contributed by atoms with Crippen LogP contribution in [-0.2, 0) is 23.8 Å². The fraction of sp³-hybridized carbons (Fsp3) is 0.474. The van der Waals surface area contributed by atoms with E-state index >= 15 is 0 Å². The van der Waals surface area contributed by atoms with Crippen LogP contribution in [0.5, 0.6) is 5.75 Å². The molecule has 1 aromatic carbocycles. The summed E-state index contributed by atoms with van der Waals surface area (Å²) in [6, 6.07) is 7.60. The quantitative estimate of drug-likeness (QED) is 0.581. The summed E-state index contributed by atoms with van der Waals surface area (Å²) in [6.07, 6.45) is 2.24. The fourth-order valence-electron chi connectivity index (χ4n) is 2.48. The van der Waals surface area contributed by atoms with Crippen LogP contribution >= 0.6 is 0 Å². The molecule has 25 heavy (non-hydrogen) atoms. The third-order valence-corrected chi connectivity index (χ3v) is 3.50. The van der Waals surface area contributed by atoms with Crippen molar-refractivity contribution in [2.24, 2.45) is 0 Å². The molecule has 0 unspecified atom stereocenters. The summed E-state index contributed by atoms with van der Waals surface area (Å²) in [4.78, 5) is 22.3. The van der Waals surface area contributed by atoms with Crippen LogP contribution in [0.2, 0.25) is 0 Å². The van der Waals surface area contributed by atoms with Crippen molar-refractivity contribution in [2.75, 3.05) is 6.61 Å². The molecule has 136 valence electrons. The lowest BCUT2D eigenvalue weighted by molar-refractivity contribution is -0.163. The van der Waals surface area contributed by atoms with Crippen LogP contribution in [0, 0.1) is 0 Å². The van der Waals surface area contributed by atoms with Crippen molar-refractivity contribution >= 4 is 11.9 Å². The highest BCUT2D eigenvalue weighted by molar-refractivity contribution is 5.67. The summed E-state index contributed by atoms with van der Waals surface area (Å²) < 4.78 is 21.9. The first-order chi connectivity index (χ1) is 11.8. The van der Waals surface area contributed by atoms with Crippen LogP contribution < -0.4 is 4.74 Å². The lowest BCUT2D eigenvalue weighted by Gasteiger charge is -2.31. The predicted octanol–water partition coefficient (Wildman–Crippen LogP) is 2.96. The molecule has 0 saturated heterocycles. The van der Waals surface area contributed by atoms with Crippen LogP contribution in [0.25, 0.3) is 0 Å². The highest BCUT2D eigenvalue weighted by Crippen LogP contribution is 2.29. The molecule has 0 fully saturated rings. The second-order valence-corrected chi connectivity index (χ2v) is 6.09.